The molecule has 0 atom stereocenters. The van der Waals surface area contributed by atoms with Crippen molar-refractivity contribution in [1.29, 1.82) is 0 Å². The van der Waals surface area contributed by atoms with Crippen molar-refractivity contribution in [3.8, 4) is 0 Å². The fraction of sp³-hybridized carbons (Fsp3) is 0.364. The van der Waals surface area contributed by atoms with E-state index in [4.69, 9.17) is 5.73 Å². The normalized spacial score (nSPS) is 11.1. The molecule has 4 nitrogen and oxygen atoms in total. The molecule has 82 valence electrons. The molecule has 1 rings (SSSR count). The smallest absolute Gasteiger partial charge is 0.279 e. The second-order valence-electron chi connectivity index (χ2n) is 4.62. The van der Waals surface area contributed by atoms with Gasteiger partial charge in [-0.1, -0.05) is 6.07 Å². The van der Waals surface area contributed by atoms with Crippen LogP contribution in [0.2, 0.25) is 0 Å². The number of carbonyl (C=O) groups is 1. The van der Waals surface area contributed by atoms with Crippen molar-refractivity contribution in [3.05, 3.63) is 24.3 Å². The summed E-state index contributed by atoms with van der Waals surface area (Å²) in [5.74, 6) is -0.00639. The second-order valence-corrected chi connectivity index (χ2v) is 4.62. The average Bonchev–Trinajstić information content (AvgIpc) is 1.99. The maximum atomic E-state index is 11.6. The highest BCUT2D eigenvalue weighted by Crippen LogP contribution is 2.11. The molecule has 4 heteroatoms. The molecule has 0 fully saturated rings. The summed E-state index contributed by atoms with van der Waals surface area (Å²) in [5.41, 5.74) is 7.00. The van der Waals surface area contributed by atoms with Crippen LogP contribution in [-0.4, -0.2) is 38.1 Å². The Balaban J connectivity index is 2.59. The van der Waals surface area contributed by atoms with Crippen molar-refractivity contribution in [3.63, 3.8) is 0 Å². The third-order valence-corrected chi connectivity index (χ3v) is 1.79. The van der Waals surface area contributed by atoms with Crippen LogP contribution in [0.25, 0.3) is 0 Å². The van der Waals surface area contributed by atoms with Crippen LogP contribution in [0.5, 0.6) is 0 Å². The first kappa shape index (κ1) is 11.5. The first-order chi connectivity index (χ1) is 6.87. The van der Waals surface area contributed by atoms with Gasteiger partial charge >= 0.3 is 0 Å². The second kappa shape index (κ2) is 4.31. The zero-order valence-corrected chi connectivity index (χ0v) is 9.45. The van der Waals surface area contributed by atoms with Gasteiger partial charge in [0.25, 0.3) is 5.91 Å². The lowest BCUT2D eigenvalue weighted by Gasteiger charge is -2.22. The number of rotatable bonds is 3. The molecule has 3 N–H and O–H groups in total. The van der Waals surface area contributed by atoms with Gasteiger partial charge in [-0.15, -0.1) is 0 Å². The molecule has 0 bridgehead atoms. The first-order valence-electron chi connectivity index (χ1n) is 4.83. The third kappa shape index (κ3) is 4.46. The van der Waals surface area contributed by atoms with E-state index in [9.17, 15) is 4.79 Å². The minimum atomic E-state index is -0.00639. The predicted octanol–water partition coefficient (Wildman–Crippen LogP) is 0.913. The van der Waals surface area contributed by atoms with Crippen LogP contribution in [0, 0.1) is 0 Å². The maximum absolute atomic E-state index is 11.6. The molecule has 0 saturated heterocycles. The van der Waals surface area contributed by atoms with Gasteiger partial charge in [-0.05, 0) is 18.2 Å². The highest BCUT2D eigenvalue weighted by molar-refractivity contribution is 5.92. The molecule has 0 aliphatic carbocycles. The van der Waals surface area contributed by atoms with Crippen LogP contribution in [-0.2, 0) is 4.79 Å². The number of nitrogens with two attached hydrogens (primary N) is 1. The van der Waals surface area contributed by atoms with E-state index in [1.165, 1.54) is 0 Å². The number of amides is 1. The first-order valence-corrected chi connectivity index (χ1v) is 4.83. The van der Waals surface area contributed by atoms with E-state index < -0.39 is 0 Å². The number of hydrogen-bond acceptors (Lipinski definition) is 2. The Morgan fingerprint density at radius 1 is 1.40 bits per heavy atom. The summed E-state index contributed by atoms with van der Waals surface area (Å²) in [5, 5.41) is 2.80. The van der Waals surface area contributed by atoms with Gasteiger partial charge < -0.3 is 15.5 Å². The summed E-state index contributed by atoms with van der Waals surface area (Å²) in [7, 11) is 5.91. The van der Waals surface area contributed by atoms with Gasteiger partial charge in [-0.25, -0.2) is 0 Å². The van der Waals surface area contributed by atoms with Gasteiger partial charge in [0.15, 0.2) is 6.54 Å². The predicted molar refractivity (Wildman–Crippen MR) is 62.4 cm³/mol. The fourth-order valence-corrected chi connectivity index (χ4v) is 1.25. The highest BCUT2D eigenvalue weighted by Gasteiger charge is 2.13. The van der Waals surface area contributed by atoms with E-state index in [0.717, 1.165) is 5.69 Å². The van der Waals surface area contributed by atoms with Gasteiger partial charge in [-0.2, -0.15) is 0 Å². The van der Waals surface area contributed by atoms with Crippen molar-refractivity contribution in [1.82, 2.24) is 0 Å². The Morgan fingerprint density at radius 2 is 2.07 bits per heavy atom. The molecule has 0 unspecified atom stereocenters. The zero-order valence-electron chi connectivity index (χ0n) is 9.45. The number of anilines is 2. The molecule has 1 aromatic rings. The SMILES string of the molecule is C[N+](C)(C)CC(=O)Nc1cccc(N)c1. The van der Waals surface area contributed by atoms with Crippen molar-refractivity contribution >= 4 is 17.3 Å². The number of nitrogens with zero attached hydrogens (tertiary/aromatic N) is 1. The van der Waals surface area contributed by atoms with Gasteiger partial charge in [0.1, 0.15) is 0 Å². The van der Waals surface area contributed by atoms with E-state index in [0.29, 0.717) is 16.7 Å². The highest BCUT2D eigenvalue weighted by atomic mass is 16.2. The van der Waals surface area contributed by atoms with Crippen LogP contribution in [0.1, 0.15) is 0 Å². The zero-order chi connectivity index (χ0) is 11.5. The Hall–Kier alpha value is -1.55. The van der Waals surface area contributed by atoms with Crippen LogP contribution < -0.4 is 11.1 Å². The van der Waals surface area contributed by atoms with Crippen LogP contribution in [0.4, 0.5) is 11.4 Å². The average molecular weight is 208 g/mol. The van der Waals surface area contributed by atoms with E-state index in [-0.39, 0.29) is 5.91 Å². The molecule has 0 heterocycles. The number of nitrogen functional groups attached to an aromatic ring is 1. The fourth-order valence-electron chi connectivity index (χ4n) is 1.25. The Morgan fingerprint density at radius 3 is 2.60 bits per heavy atom. The van der Waals surface area contributed by atoms with Gasteiger partial charge in [0.2, 0.25) is 0 Å². The molecule has 0 spiro atoms. The van der Waals surface area contributed by atoms with Crippen LogP contribution >= 0.6 is 0 Å². The lowest BCUT2D eigenvalue weighted by Crippen LogP contribution is -2.41. The van der Waals surface area contributed by atoms with Crippen molar-refractivity contribution in [2.24, 2.45) is 0 Å². The van der Waals surface area contributed by atoms with Crippen molar-refractivity contribution < 1.29 is 9.28 Å². The molecule has 0 aromatic heterocycles. The van der Waals surface area contributed by atoms with Crippen molar-refractivity contribution in [2.75, 3.05) is 38.7 Å². The number of likely N-dealkylation sites (N-methyl/N-ethyl adjacent to an activating group) is 1. The summed E-state index contributed by atoms with van der Waals surface area (Å²) < 4.78 is 0.605. The number of quaternary nitrogens is 1. The summed E-state index contributed by atoms with van der Waals surface area (Å²) in [6.07, 6.45) is 0. The minimum absolute atomic E-state index is 0.00639. The molecular weight excluding hydrogens is 190 g/mol. The molecule has 1 aromatic carbocycles. The summed E-state index contributed by atoms with van der Waals surface area (Å²) >= 11 is 0. The molecule has 0 aliphatic rings. The molecular formula is C11H18N3O+. The van der Waals surface area contributed by atoms with Crippen LogP contribution in [0.3, 0.4) is 0 Å². The summed E-state index contributed by atoms with van der Waals surface area (Å²) in [4.78, 5) is 11.6. The molecule has 0 radical (unpaired) electrons. The number of benzene rings is 1. The number of hydrogen-bond donors (Lipinski definition) is 2. The monoisotopic (exact) mass is 208 g/mol. The largest absolute Gasteiger partial charge is 0.399 e. The summed E-state index contributed by atoms with van der Waals surface area (Å²) in [6, 6.07) is 7.17. The quantitative estimate of drug-likeness (QED) is 0.573. The summed E-state index contributed by atoms with van der Waals surface area (Å²) in [6.45, 7) is 0.439. The van der Waals surface area contributed by atoms with Gasteiger partial charge in [0, 0.05) is 11.4 Å². The van der Waals surface area contributed by atoms with Gasteiger partial charge in [-0.3, -0.25) is 4.79 Å². The van der Waals surface area contributed by atoms with E-state index in [1.807, 2.05) is 33.3 Å². The maximum Gasteiger partial charge on any atom is 0.279 e. The number of carbonyl (C=O) groups excluding carboxylic acids is 1. The Labute approximate surface area is 90.3 Å². The molecule has 1 amide bonds. The standard InChI is InChI=1S/C11H17N3O/c1-14(2,3)8-11(15)13-10-6-4-5-9(12)7-10/h4-7H,8,12H2,1-3H3/p+1. The Kier molecular flexibility index (Phi) is 3.31. The van der Waals surface area contributed by atoms with Crippen molar-refractivity contribution in [2.45, 2.75) is 0 Å². The van der Waals surface area contributed by atoms with E-state index in [1.54, 1.807) is 12.1 Å². The third-order valence-electron chi connectivity index (χ3n) is 1.79. The van der Waals surface area contributed by atoms with E-state index >= 15 is 0 Å². The lowest BCUT2D eigenvalue weighted by atomic mass is 10.3. The van der Waals surface area contributed by atoms with E-state index in [2.05, 4.69) is 5.32 Å². The molecule has 0 aliphatic heterocycles. The van der Waals surface area contributed by atoms with Gasteiger partial charge in [0.05, 0.1) is 21.1 Å². The molecule has 15 heavy (non-hydrogen) atoms. The van der Waals surface area contributed by atoms with Crippen LogP contribution in [0.15, 0.2) is 24.3 Å². The Bertz CT molecular complexity index is 355. The lowest BCUT2D eigenvalue weighted by molar-refractivity contribution is -0.861. The minimum Gasteiger partial charge on any atom is -0.399 e. The number of nitrogens with one attached hydrogen (secondary N) is 1. The topological polar surface area (TPSA) is 55.1 Å². The molecule has 0 saturated carbocycles.